The summed E-state index contributed by atoms with van der Waals surface area (Å²) in [4.78, 5) is 83.6. The molecule has 48 heavy (non-hydrogen) atoms. The number of carbonyl (C=O) groups excluding carboxylic acids is 4. The van der Waals surface area contributed by atoms with Crippen LogP contribution in [0.5, 0.6) is 0 Å². The minimum atomic E-state index is -1.38. The Morgan fingerprint density at radius 2 is 1.98 bits per heavy atom. The van der Waals surface area contributed by atoms with Crippen molar-refractivity contribution in [1.29, 1.82) is 0 Å². The molecule has 6 rings (SSSR count). The number of nitrogens with two attached hydrogens (primary N) is 1. The number of nitrogens with zero attached hydrogens (tertiary/aromatic N) is 6. The quantitative estimate of drug-likeness (QED) is 0.0859. The Morgan fingerprint density at radius 1 is 1.21 bits per heavy atom. The summed E-state index contributed by atoms with van der Waals surface area (Å²) in [5.41, 5.74) is 5.30. The highest BCUT2D eigenvalue weighted by atomic mass is 32.2. The molecule has 0 saturated carbocycles. The normalized spacial score (nSPS) is 23.5. The number of aromatic nitrogens is 2. The van der Waals surface area contributed by atoms with Gasteiger partial charge in [-0.2, -0.15) is 9.36 Å². The van der Waals surface area contributed by atoms with Gasteiger partial charge < -0.3 is 44.7 Å². The highest BCUT2D eigenvalue weighted by molar-refractivity contribution is 8.00. The maximum Gasteiger partial charge on any atom is 0.519 e. The predicted molar refractivity (Wildman–Crippen MR) is 164 cm³/mol. The molecule has 4 aliphatic heterocycles. The molecule has 0 unspecified atom stereocenters. The lowest BCUT2D eigenvalue weighted by atomic mass is 10.0. The molecule has 3 fully saturated rings. The molecule has 4 aliphatic rings. The molecule has 6 heterocycles. The molecule has 21 heteroatoms. The lowest BCUT2D eigenvalue weighted by molar-refractivity contribution is -0.150. The number of carboxylic acid groups (broad SMARTS) is 1. The number of anilines is 1. The number of aryl methyl sites for hydroxylation is 1. The van der Waals surface area contributed by atoms with Gasteiger partial charge in [0.1, 0.15) is 17.1 Å². The van der Waals surface area contributed by atoms with E-state index < -0.39 is 46.8 Å². The maximum atomic E-state index is 13.4. The Labute approximate surface area is 278 Å². The van der Waals surface area contributed by atoms with Crippen LogP contribution < -0.4 is 16.9 Å². The number of aliphatic carboxylic acids is 1. The van der Waals surface area contributed by atoms with Crippen molar-refractivity contribution in [3.63, 3.8) is 0 Å². The van der Waals surface area contributed by atoms with Crippen molar-refractivity contribution in [1.82, 2.24) is 29.4 Å². The average molecular weight is 705 g/mol. The smallest absolute Gasteiger partial charge is 0.477 e. The number of thioether (sulfide) groups is 1. The second-order valence-electron chi connectivity index (χ2n) is 11.0. The first-order valence-corrected chi connectivity index (χ1v) is 16.4. The fourth-order valence-corrected chi connectivity index (χ4v) is 7.65. The summed E-state index contributed by atoms with van der Waals surface area (Å²) in [6, 6.07) is -1.41. The van der Waals surface area contributed by atoms with Gasteiger partial charge in [0.25, 0.3) is 11.8 Å². The number of ether oxygens (including phenoxy) is 1. The molecule has 4 amide bonds. The minimum Gasteiger partial charge on any atom is -0.477 e. The SMILES string of the molecule is CCc1oc(=O)oc1COC(=O)N1CC[C@@H](N2CC/C(=C\C3=C(C(=O)O)N4C(=O)[C@@H](NC(=O)/C(=N\O)c5nsc(N)n5)[C@H]4SC3)C2=O)C1. The number of carboxylic acids is 1. The number of likely N-dealkylation sites (tertiary alicyclic amines) is 2. The molecule has 2 aromatic heterocycles. The van der Waals surface area contributed by atoms with Crippen molar-refractivity contribution in [2.45, 2.75) is 50.3 Å². The van der Waals surface area contributed by atoms with Crippen molar-refractivity contribution >= 4 is 63.9 Å². The van der Waals surface area contributed by atoms with Gasteiger partial charge in [0, 0.05) is 48.9 Å². The maximum absolute atomic E-state index is 13.4. The highest BCUT2D eigenvalue weighted by Gasteiger charge is 2.54. The van der Waals surface area contributed by atoms with Gasteiger partial charge in [-0.1, -0.05) is 12.1 Å². The van der Waals surface area contributed by atoms with Crippen molar-refractivity contribution in [2.24, 2.45) is 5.16 Å². The number of nitrogens with one attached hydrogen (secondary N) is 1. The molecule has 0 aromatic carbocycles. The molecule has 0 radical (unpaired) electrons. The lowest BCUT2D eigenvalue weighted by Crippen LogP contribution is -2.71. The molecule has 2 aromatic rings. The van der Waals surface area contributed by atoms with Gasteiger partial charge >= 0.3 is 17.9 Å². The van der Waals surface area contributed by atoms with E-state index in [4.69, 9.17) is 19.3 Å². The summed E-state index contributed by atoms with van der Waals surface area (Å²) >= 11 is 1.97. The second kappa shape index (κ2) is 13.1. The molecular formula is C27H28N8O11S2. The number of allylic oxidation sites excluding steroid dienone is 1. The Bertz CT molecular complexity index is 1850. The Kier molecular flexibility index (Phi) is 8.97. The van der Waals surface area contributed by atoms with Gasteiger partial charge in [-0.05, 0) is 24.5 Å². The fourth-order valence-electron chi connectivity index (χ4n) is 5.91. The zero-order chi connectivity index (χ0) is 34.3. The Hall–Kier alpha value is -5.18. The van der Waals surface area contributed by atoms with Crippen LogP contribution in [0.15, 0.2) is 41.7 Å². The largest absolute Gasteiger partial charge is 0.519 e. The highest BCUT2D eigenvalue weighted by Crippen LogP contribution is 2.41. The van der Waals surface area contributed by atoms with Crippen LogP contribution in [0.4, 0.5) is 9.93 Å². The molecule has 0 aliphatic carbocycles. The molecule has 3 saturated heterocycles. The Balaban J connectivity index is 1.09. The average Bonchev–Trinajstić information content (AvgIpc) is 3.86. The van der Waals surface area contributed by atoms with E-state index in [1.165, 1.54) is 22.7 Å². The first kappa shape index (κ1) is 32.7. The number of carbonyl (C=O) groups is 5. The van der Waals surface area contributed by atoms with E-state index in [9.17, 15) is 39.1 Å². The molecular weight excluding hydrogens is 676 g/mol. The Morgan fingerprint density at radius 3 is 2.67 bits per heavy atom. The minimum absolute atomic E-state index is 0.0328. The molecule has 5 N–H and O–H groups in total. The number of oxime groups is 1. The van der Waals surface area contributed by atoms with E-state index in [0.29, 0.717) is 43.7 Å². The molecule has 3 atom stereocenters. The topological polar surface area (TPSA) is 264 Å². The number of rotatable bonds is 9. The van der Waals surface area contributed by atoms with Crippen LogP contribution in [0.1, 0.15) is 37.1 Å². The summed E-state index contributed by atoms with van der Waals surface area (Å²) in [6.45, 7) is 2.41. The lowest BCUT2D eigenvalue weighted by Gasteiger charge is -2.49. The second-order valence-corrected chi connectivity index (χ2v) is 12.8. The van der Waals surface area contributed by atoms with E-state index in [0.717, 1.165) is 16.4 Å². The summed E-state index contributed by atoms with van der Waals surface area (Å²) < 4.78 is 18.9. The van der Waals surface area contributed by atoms with Crippen LogP contribution in [0.3, 0.4) is 0 Å². The van der Waals surface area contributed by atoms with E-state index >= 15 is 0 Å². The monoisotopic (exact) mass is 704 g/mol. The van der Waals surface area contributed by atoms with Crippen LogP contribution in [0.2, 0.25) is 0 Å². The van der Waals surface area contributed by atoms with Crippen molar-refractivity contribution in [2.75, 3.05) is 31.1 Å². The van der Waals surface area contributed by atoms with Gasteiger partial charge in [-0.25, -0.2) is 14.4 Å². The molecule has 0 spiro atoms. The van der Waals surface area contributed by atoms with Crippen LogP contribution in [0.25, 0.3) is 0 Å². The number of hydrogen-bond acceptors (Lipinski definition) is 16. The zero-order valence-corrected chi connectivity index (χ0v) is 26.7. The van der Waals surface area contributed by atoms with Gasteiger partial charge in [-0.3, -0.25) is 19.3 Å². The fraction of sp³-hybridized carbons (Fsp3) is 0.444. The first-order valence-electron chi connectivity index (χ1n) is 14.6. The van der Waals surface area contributed by atoms with E-state index in [-0.39, 0.29) is 58.8 Å². The predicted octanol–water partition coefficient (Wildman–Crippen LogP) is -0.284. The van der Waals surface area contributed by atoms with E-state index in [1.54, 1.807) is 11.8 Å². The third-order valence-corrected chi connectivity index (χ3v) is 10.0. The number of hydrogen-bond donors (Lipinski definition) is 4. The van der Waals surface area contributed by atoms with Crippen LogP contribution in [0, 0.1) is 0 Å². The first-order chi connectivity index (χ1) is 23.0. The zero-order valence-electron chi connectivity index (χ0n) is 25.1. The van der Waals surface area contributed by atoms with E-state index in [1.807, 2.05) is 0 Å². The molecule has 19 nitrogen and oxygen atoms in total. The van der Waals surface area contributed by atoms with Gasteiger partial charge in [-0.15, -0.1) is 11.8 Å². The number of amides is 4. The van der Waals surface area contributed by atoms with Gasteiger partial charge in [0.05, 0.1) is 6.04 Å². The van der Waals surface area contributed by atoms with Crippen molar-refractivity contribution < 1.29 is 47.9 Å². The van der Waals surface area contributed by atoms with Crippen molar-refractivity contribution in [3.05, 3.63) is 50.9 Å². The number of fused-ring (bicyclic) bond motifs is 1. The summed E-state index contributed by atoms with van der Waals surface area (Å²) in [7, 11) is 0. The van der Waals surface area contributed by atoms with E-state index in [2.05, 4.69) is 19.8 Å². The van der Waals surface area contributed by atoms with Crippen LogP contribution >= 0.6 is 23.3 Å². The molecule has 254 valence electrons. The summed E-state index contributed by atoms with van der Waals surface area (Å²) in [5.74, 6) is -3.88. The summed E-state index contributed by atoms with van der Waals surface area (Å²) in [5, 5.41) is 24.0. The third-order valence-electron chi connectivity index (χ3n) is 8.20. The number of β-lactam (4-membered cyclic amide) rings is 1. The standard InChI is InChI=1S/C27H28N8O11S2/c1-2-14-15(46-27(42)45-14)9-44-26(41)33-5-4-13(8-33)34-6-3-11(21(34)37)7-12-10-47-23-17(22(38)35(23)18(12)24(39)40)29-20(36)16(31-43)19-30-25(28)48-32-19/h7,13,17,23,43H,2-6,8-10H2,1H3,(H,29,36)(H,39,40)(H2,28,30,32)/b11-7+,31-16-/t13-,17-,23-/m1/s1. The van der Waals surface area contributed by atoms with Crippen LogP contribution in [-0.4, -0.2) is 113 Å². The van der Waals surface area contributed by atoms with Crippen LogP contribution in [-0.2, 0) is 36.9 Å². The molecule has 0 bridgehead atoms. The van der Waals surface area contributed by atoms with Gasteiger partial charge in [0.2, 0.25) is 17.4 Å². The summed E-state index contributed by atoms with van der Waals surface area (Å²) in [6.07, 6.45) is 2.08. The van der Waals surface area contributed by atoms with Gasteiger partial charge in [0.15, 0.2) is 23.3 Å². The third kappa shape index (κ3) is 6.01. The number of nitrogen functional groups attached to an aromatic ring is 1. The van der Waals surface area contributed by atoms with Crippen molar-refractivity contribution in [3.8, 4) is 0 Å².